The number of rotatable bonds is 3. The maximum atomic E-state index is 11.1. The normalized spacial score (nSPS) is 10.4. The fraction of sp³-hybridized carbons (Fsp3) is 0.0588. The van der Waals surface area contributed by atoms with E-state index in [2.05, 4.69) is 10.3 Å². The second-order valence-corrected chi connectivity index (χ2v) is 4.79. The number of pyridine rings is 1. The monoisotopic (exact) mass is 293 g/mol. The second kappa shape index (κ2) is 5.73. The number of aromatic nitrogens is 1. The number of primary amides is 1. The first-order valence-corrected chi connectivity index (χ1v) is 6.78. The maximum absolute atomic E-state index is 11.1. The fourth-order valence-corrected chi connectivity index (χ4v) is 2.30. The summed E-state index contributed by atoms with van der Waals surface area (Å²) in [5.41, 5.74) is 8.29. The second-order valence-electron chi connectivity index (χ2n) is 4.79. The highest BCUT2D eigenvalue weighted by atomic mass is 16.5. The summed E-state index contributed by atoms with van der Waals surface area (Å²) >= 11 is 0. The molecule has 0 bridgehead atoms. The number of methoxy groups -OCH3 is 1. The van der Waals surface area contributed by atoms with Crippen LogP contribution in [0.3, 0.4) is 0 Å². The number of carbonyl (C=O) groups is 1. The highest BCUT2D eigenvalue weighted by Gasteiger charge is 2.07. The van der Waals surface area contributed by atoms with Gasteiger partial charge in [-0.25, -0.2) is 9.78 Å². The van der Waals surface area contributed by atoms with Gasteiger partial charge in [-0.15, -0.1) is 0 Å². The number of para-hydroxylation sites is 1. The molecule has 0 aliphatic carbocycles. The van der Waals surface area contributed by atoms with Gasteiger partial charge in [-0.1, -0.05) is 18.2 Å². The van der Waals surface area contributed by atoms with E-state index in [1.54, 1.807) is 13.2 Å². The molecule has 0 saturated carbocycles. The van der Waals surface area contributed by atoms with Gasteiger partial charge in [-0.05, 0) is 36.4 Å². The molecule has 3 rings (SSSR count). The predicted octanol–water partition coefficient (Wildman–Crippen LogP) is 3.40. The van der Waals surface area contributed by atoms with Crippen molar-refractivity contribution in [2.75, 3.05) is 12.4 Å². The van der Waals surface area contributed by atoms with E-state index in [0.717, 1.165) is 22.4 Å². The Labute approximate surface area is 127 Å². The third kappa shape index (κ3) is 2.69. The van der Waals surface area contributed by atoms with Crippen LogP contribution < -0.4 is 15.8 Å². The number of hydrogen-bond acceptors (Lipinski definition) is 3. The quantitative estimate of drug-likeness (QED) is 0.777. The van der Waals surface area contributed by atoms with E-state index < -0.39 is 6.03 Å². The Bertz CT molecular complexity index is 829. The SMILES string of the molecule is COc1ccc(-c2ccc3cccc(NC(N)=O)c3n2)cc1. The van der Waals surface area contributed by atoms with E-state index >= 15 is 0 Å². The highest BCUT2D eigenvalue weighted by Crippen LogP contribution is 2.26. The van der Waals surface area contributed by atoms with Gasteiger partial charge in [-0.3, -0.25) is 0 Å². The molecular weight excluding hydrogens is 278 g/mol. The number of nitrogens with two attached hydrogens (primary N) is 1. The van der Waals surface area contributed by atoms with Crippen molar-refractivity contribution in [1.82, 2.24) is 4.98 Å². The van der Waals surface area contributed by atoms with Crippen LogP contribution in [0.1, 0.15) is 0 Å². The van der Waals surface area contributed by atoms with Crippen LogP contribution >= 0.6 is 0 Å². The van der Waals surface area contributed by atoms with Crippen LogP contribution in [0.15, 0.2) is 54.6 Å². The van der Waals surface area contributed by atoms with Gasteiger partial charge in [0.05, 0.1) is 24.0 Å². The van der Waals surface area contributed by atoms with Crippen molar-refractivity contribution in [3.8, 4) is 17.0 Å². The summed E-state index contributed by atoms with van der Waals surface area (Å²) in [5, 5.41) is 3.53. The molecule has 0 radical (unpaired) electrons. The minimum absolute atomic E-state index is 0.598. The fourth-order valence-electron chi connectivity index (χ4n) is 2.30. The molecule has 5 nitrogen and oxygen atoms in total. The smallest absolute Gasteiger partial charge is 0.316 e. The zero-order chi connectivity index (χ0) is 15.5. The Kier molecular flexibility index (Phi) is 3.62. The maximum Gasteiger partial charge on any atom is 0.316 e. The molecule has 1 aromatic heterocycles. The van der Waals surface area contributed by atoms with Gasteiger partial charge in [0.25, 0.3) is 0 Å². The molecule has 3 N–H and O–H groups in total. The number of urea groups is 1. The molecule has 110 valence electrons. The zero-order valence-corrected chi connectivity index (χ0v) is 12.0. The summed E-state index contributed by atoms with van der Waals surface area (Å²) in [6.45, 7) is 0. The molecular formula is C17H15N3O2. The topological polar surface area (TPSA) is 77.2 Å². The van der Waals surface area contributed by atoms with Crippen LogP contribution in [0.2, 0.25) is 0 Å². The number of fused-ring (bicyclic) bond motifs is 1. The van der Waals surface area contributed by atoms with Gasteiger partial charge in [0, 0.05) is 10.9 Å². The van der Waals surface area contributed by atoms with Crippen molar-refractivity contribution in [2.45, 2.75) is 0 Å². The van der Waals surface area contributed by atoms with E-state index in [0.29, 0.717) is 11.2 Å². The van der Waals surface area contributed by atoms with Crippen LogP contribution in [0, 0.1) is 0 Å². The molecule has 5 heteroatoms. The lowest BCUT2D eigenvalue weighted by atomic mass is 10.1. The van der Waals surface area contributed by atoms with E-state index in [1.165, 1.54) is 0 Å². The van der Waals surface area contributed by atoms with Gasteiger partial charge in [0.1, 0.15) is 5.75 Å². The Morgan fingerprint density at radius 3 is 2.55 bits per heavy atom. The summed E-state index contributed by atoms with van der Waals surface area (Å²) < 4.78 is 5.16. The number of hydrogen-bond donors (Lipinski definition) is 2. The number of anilines is 1. The summed E-state index contributed by atoms with van der Waals surface area (Å²) in [5.74, 6) is 0.792. The van der Waals surface area contributed by atoms with Crippen LogP contribution in [0.5, 0.6) is 5.75 Å². The minimum atomic E-state index is -0.607. The summed E-state index contributed by atoms with van der Waals surface area (Å²) in [6.07, 6.45) is 0. The van der Waals surface area contributed by atoms with E-state index in [-0.39, 0.29) is 0 Å². The first-order chi connectivity index (χ1) is 10.7. The molecule has 0 aliphatic rings. The third-order valence-electron chi connectivity index (χ3n) is 3.36. The summed E-state index contributed by atoms with van der Waals surface area (Å²) in [7, 11) is 1.63. The number of benzene rings is 2. The average molecular weight is 293 g/mol. The molecule has 0 aliphatic heterocycles. The Morgan fingerprint density at radius 1 is 1.09 bits per heavy atom. The van der Waals surface area contributed by atoms with Gasteiger partial charge >= 0.3 is 6.03 Å². The van der Waals surface area contributed by atoms with Crippen molar-refractivity contribution in [2.24, 2.45) is 5.73 Å². The first kappa shape index (κ1) is 13.9. The van der Waals surface area contributed by atoms with Crippen molar-refractivity contribution in [1.29, 1.82) is 0 Å². The van der Waals surface area contributed by atoms with Gasteiger partial charge < -0.3 is 15.8 Å². The Balaban J connectivity index is 2.09. The molecule has 3 aromatic rings. The van der Waals surface area contributed by atoms with Crippen molar-refractivity contribution in [3.05, 3.63) is 54.6 Å². The molecule has 0 saturated heterocycles. The summed E-state index contributed by atoms with van der Waals surface area (Å²) in [4.78, 5) is 15.8. The lowest BCUT2D eigenvalue weighted by Gasteiger charge is -2.08. The Hall–Kier alpha value is -3.08. The van der Waals surface area contributed by atoms with Crippen molar-refractivity contribution < 1.29 is 9.53 Å². The molecule has 0 spiro atoms. The van der Waals surface area contributed by atoms with Crippen LogP contribution in [0.4, 0.5) is 10.5 Å². The molecule has 22 heavy (non-hydrogen) atoms. The van der Waals surface area contributed by atoms with Gasteiger partial charge in [0.15, 0.2) is 0 Å². The highest BCUT2D eigenvalue weighted by molar-refractivity contribution is 5.99. The minimum Gasteiger partial charge on any atom is -0.497 e. The largest absolute Gasteiger partial charge is 0.497 e. The molecule has 0 fully saturated rings. The standard InChI is InChI=1S/C17H15N3O2/c1-22-13-8-5-11(6-9-13)14-10-7-12-3-2-4-15(16(12)19-14)20-17(18)21/h2-10H,1H3,(H3,18,20,21). The molecule has 2 aromatic carbocycles. The number of carbonyl (C=O) groups excluding carboxylic acids is 1. The summed E-state index contributed by atoms with van der Waals surface area (Å²) in [6, 6.07) is 16.5. The number of amides is 2. The number of ether oxygens (including phenoxy) is 1. The number of nitrogens with zero attached hydrogens (tertiary/aromatic N) is 1. The lowest BCUT2D eigenvalue weighted by Crippen LogP contribution is -2.19. The van der Waals surface area contributed by atoms with Crippen molar-refractivity contribution >= 4 is 22.6 Å². The van der Waals surface area contributed by atoms with E-state index in [9.17, 15) is 4.79 Å². The number of nitrogens with one attached hydrogen (secondary N) is 1. The predicted molar refractivity (Wildman–Crippen MR) is 86.9 cm³/mol. The van der Waals surface area contributed by atoms with E-state index in [4.69, 9.17) is 10.5 Å². The lowest BCUT2D eigenvalue weighted by molar-refractivity contribution is 0.259. The first-order valence-electron chi connectivity index (χ1n) is 6.78. The van der Waals surface area contributed by atoms with Crippen LogP contribution in [-0.2, 0) is 0 Å². The third-order valence-corrected chi connectivity index (χ3v) is 3.36. The van der Waals surface area contributed by atoms with Gasteiger partial charge in [-0.2, -0.15) is 0 Å². The molecule has 1 heterocycles. The molecule has 2 amide bonds. The van der Waals surface area contributed by atoms with Crippen LogP contribution in [-0.4, -0.2) is 18.1 Å². The van der Waals surface area contributed by atoms with Crippen molar-refractivity contribution in [3.63, 3.8) is 0 Å². The molecule has 0 atom stereocenters. The average Bonchev–Trinajstić information content (AvgIpc) is 2.54. The molecule has 0 unspecified atom stereocenters. The van der Waals surface area contributed by atoms with Gasteiger partial charge in [0.2, 0.25) is 0 Å². The zero-order valence-electron chi connectivity index (χ0n) is 12.0. The Morgan fingerprint density at radius 2 is 1.86 bits per heavy atom. The van der Waals surface area contributed by atoms with E-state index in [1.807, 2.05) is 48.5 Å². The van der Waals surface area contributed by atoms with Crippen LogP contribution in [0.25, 0.3) is 22.2 Å².